The van der Waals surface area contributed by atoms with Crippen molar-refractivity contribution >= 4 is 16.9 Å². The molecule has 0 bridgehead atoms. The van der Waals surface area contributed by atoms with Crippen molar-refractivity contribution in [1.82, 2.24) is 19.9 Å². The molecule has 0 unspecified atom stereocenters. The molecule has 5 nitrogen and oxygen atoms in total. The fourth-order valence-corrected chi connectivity index (χ4v) is 2.15. The van der Waals surface area contributed by atoms with Crippen LogP contribution in [-0.2, 0) is 0 Å². The minimum Gasteiger partial charge on any atom is -0.384 e. The van der Waals surface area contributed by atoms with Gasteiger partial charge in [0.15, 0.2) is 5.65 Å². The van der Waals surface area contributed by atoms with Gasteiger partial charge in [0.25, 0.3) is 0 Å². The maximum atomic E-state index is 4.50. The number of imidazole rings is 1. The van der Waals surface area contributed by atoms with Crippen LogP contribution in [0.5, 0.6) is 0 Å². The van der Waals surface area contributed by atoms with Crippen molar-refractivity contribution in [3.8, 4) is 11.4 Å². The van der Waals surface area contributed by atoms with Crippen LogP contribution in [0.25, 0.3) is 22.6 Å². The van der Waals surface area contributed by atoms with Crippen molar-refractivity contribution in [2.24, 2.45) is 0 Å². The highest BCUT2D eigenvalue weighted by Gasteiger charge is 2.05. The molecule has 2 N–H and O–H groups in total. The van der Waals surface area contributed by atoms with E-state index in [1.54, 1.807) is 6.20 Å². The third-order valence-electron chi connectivity index (χ3n) is 3.30. The molecule has 1 aromatic carbocycles. The summed E-state index contributed by atoms with van der Waals surface area (Å²) in [5.41, 5.74) is 3.89. The Balaban J connectivity index is 1.74. The van der Waals surface area contributed by atoms with Gasteiger partial charge in [-0.2, -0.15) is 0 Å². The molecule has 2 heterocycles. The number of nitrogens with one attached hydrogen (secondary N) is 2. The molecule has 3 aromatic rings. The second-order valence-corrected chi connectivity index (χ2v) is 5.27. The number of pyridine rings is 1. The van der Waals surface area contributed by atoms with Crippen LogP contribution in [0.3, 0.4) is 0 Å². The topological polar surface area (TPSA) is 56.8 Å². The third-order valence-corrected chi connectivity index (χ3v) is 3.30. The summed E-state index contributed by atoms with van der Waals surface area (Å²) in [7, 11) is 4.14. The molecule has 0 aliphatic rings. The van der Waals surface area contributed by atoms with Gasteiger partial charge in [-0.1, -0.05) is 0 Å². The van der Waals surface area contributed by atoms with Crippen molar-refractivity contribution in [2.75, 3.05) is 32.5 Å². The van der Waals surface area contributed by atoms with Crippen molar-refractivity contribution in [3.63, 3.8) is 0 Å². The predicted octanol–water partition coefficient (Wildman–Crippen LogP) is 2.60. The quantitative estimate of drug-likeness (QED) is 0.755. The molecule has 5 heteroatoms. The Kier molecular flexibility index (Phi) is 3.83. The second kappa shape index (κ2) is 5.93. The summed E-state index contributed by atoms with van der Waals surface area (Å²) < 4.78 is 0. The van der Waals surface area contributed by atoms with E-state index in [-0.39, 0.29) is 0 Å². The molecule has 21 heavy (non-hydrogen) atoms. The van der Waals surface area contributed by atoms with Gasteiger partial charge in [-0.3, -0.25) is 0 Å². The van der Waals surface area contributed by atoms with Gasteiger partial charge < -0.3 is 15.2 Å². The number of aromatic amines is 1. The molecular formula is C16H19N5. The highest BCUT2D eigenvalue weighted by Crippen LogP contribution is 2.20. The number of likely N-dealkylation sites (N-methyl/N-ethyl adjacent to an activating group) is 1. The normalized spacial score (nSPS) is 11.2. The van der Waals surface area contributed by atoms with E-state index in [2.05, 4.69) is 63.5 Å². The van der Waals surface area contributed by atoms with Gasteiger partial charge >= 0.3 is 0 Å². The highest BCUT2D eigenvalue weighted by atomic mass is 15.1. The molecule has 0 spiro atoms. The van der Waals surface area contributed by atoms with Gasteiger partial charge in [0.05, 0.1) is 5.52 Å². The van der Waals surface area contributed by atoms with Crippen LogP contribution in [0, 0.1) is 0 Å². The lowest BCUT2D eigenvalue weighted by Crippen LogP contribution is -2.20. The zero-order valence-electron chi connectivity index (χ0n) is 12.3. The molecule has 0 aliphatic heterocycles. The molecule has 0 atom stereocenters. The number of anilines is 1. The first-order chi connectivity index (χ1) is 10.2. The number of benzene rings is 1. The molecule has 3 rings (SSSR count). The van der Waals surface area contributed by atoms with Crippen LogP contribution in [0.1, 0.15) is 0 Å². The fraction of sp³-hybridized carbons (Fsp3) is 0.250. The zero-order chi connectivity index (χ0) is 14.7. The fourth-order valence-electron chi connectivity index (χ4n) is 2.15. The van der Waals surface area contributed by atoms with Gasteiger partial charge in [0.1, 0.15) is 5.82 Å². The van der Waals surface area contributed by atoms with Gasteiger partial charge in [-0.15, -0.1) is 0 Å². The number of hydrogen-bond donors (Lipinski definition) is 2. The maximum absolute atomic E-state index is 4.50. The summed E-state index contributed by atoms with van der Waals surface area (Å²) >= 11 is 0. The van der Waals surface area contributed by atoms with Gasteiger partial charge in [0, 0.05) is 30.5 Å². The molecule has 2 aromatic heterocycles. The SMILES string of the molecule is CN(C)CCNc1ccc(-c2nc3ncccc3[nH]2)cc1. The summed E-state index contributed by atoms with van der Waals surface area (Å²) in [6.07, 6.45) is 1.75. The lowest BCUT2D eigenvalue weighted by molar-refractivity contribution is 0.425. The van der Waals surface area contributed by atoms with Crippen molar-refractivity contribution in [3.05, 3.63) is 42.6 Å². The number of H-pyrrole nitrogens is 1. The number of aromatic nitrogens is 3. The molecule has 0 saturated heterocycles. The lowest BCUT2D eigenvalue weighted by atomic mass is 10.2. The summed E-state index contributed by atoms with van der Waals surface area (Å²) in [6, 6.07) is 12.2. The van der Waals surface area contributed by atoms with E-state index in [1.807, 2.05) is 12.1 Å². The Labute approximate surface area is 124 Å². The van der Waals surface area contributed by atoms with E-state index in [1.165, 1.54) is 0 Å². The number of fused-ring (bicyclic) bond motifs is 1. The Morgan fingerprint density at radius 2 is 1.95 bits per heavy atom. The molecule has 0 saturated carbocycles. The first-order valence-corrected chi connectivity index (χ1v) is 7.02. The smallest absolute Gasteiger partial charge is 0.178 e. The van der Waals surface area contributed by atoms with Crippen LogP contribution in [-0.4, -0.2) is 47.0 Å². The minimum atomic E-state index is 0.751. The number of hydrogen-bond acceptors (Lipinski definition) is 4. The first-order valence-electron chi connectivity index (χ1n) is 7.02. The Bertz CT molecular complexity index is 682. The summed E-state index contributed by atoms with van der Waals surface area (Å²) in [5, 5.41) is 3.40. The zero-order valence-corrected chi connectivity index (χ0v) is 12.3. The minimum absolute atomic E-state index is 0.751. The maximum Gasteiger partial charge on any atom is 0.178 e. The third kappa shape index (κ3) is 3.20. The second-order valence-electron chi connectivity index (χ2n) is 5.27. The Morgan fingerprint density at radius 3 is 2.67 bits per heavy atom. The molecule has 0 radical (unpaired) electrons. The van der Waals surface area contributed by atoms with Gasteiger partial charge in [-0.05, 0) is 50.5 Å². The average Bonchev–Trinajstić information content (AvgIpc) is 2.91. The Hall–Kier alpha value is -2.40. The van der Waals surface area contributed by atoms with Crippen LogP contribution < -0.4 is 5.32 Å². The van der Waals surface area contributed by atoms with Crippen molar-refractivity contribution in [2.45, 2.75) is 0 Å². The largest absolute Gasteiger partial charge is 0.384 e. The number of nitrogens with zero attached hydrogens (tertiary/aromatic N) is 3. The van der Waals surface area contributed by atoms with E-state index >= 15 is 0 Å². The highest BCUT2D eigenvalue weighted by molar-refractivity contribution is 5.75. The van der Waals surface area contributed by atoms with E-state index in [4.69, 9.17) is 0 Å². The summed E-state index contributed by atoms with van der Waals surface area (Å²) in [6.45, 7) is 1.94. The van der Waals surface area contributed by atoms with E-state index in [0.29, 0.717) is 0 Å². The van der Waals surface area contributed by atoms with Crippen molar-refractivity contribution in [1.29, 1.82) is 0 Å². The Morgan fingerprint density at radius 1 is 1.14 bits per heavy atom. The van der Waals surface area contributed by atoms with Crippen LogP contribution in [0.4, 0.5) is 5.69 Å². The monoisotopic (exact) mass is 281 g/mol. The van der Waals surface area contributed by atoms with E-state index in [9.17, 15) is 0 Å². The number of rotatable bonds is 5. The van der Waals surface area contributed by atoms with Gasteiger partial charge in [0.2, 0.25) is 0 Å². The first kappa shape index (κ1) is 13.6. The lowest BCUT2D eigenvalue weighted by Gasteiger charge is -2.11. The molecule has 108 valence electrons. The van der Waals surface area contributed by atoms with Gasteiger partial charge in [-0.25, -0.2) is 9.97 Å². The van der Waals surface area contributed by atoms with E-state index < -0.39 is 0 Å². The predicted molar refractivity (Wildman–Crippen MR) is 86.4 cm³/mol. The molecular weight excluding hydrogens is 262 g/mol. The average molecular weight is 281 g/mol. The molecule has 0 amide bonds. The van der Waals surface area contributed by atoms with E-state index in [0.717, 1.165) is 41.3 Å². The van der Waals surface area contributed by atoms with Crippen LogP contribution >= 0.6 is 0 Å². The van der Waals surface area contributed by atoms with Crippen LogP contribution in [0.15, 0.2) is 42.6 Å². The summed E-state index contributed by atoms with van der Waals surface area (Å²) in [5.74, 6) is 0.851. The summed E-state index contributed by atoms with van der Waals surface area (Å²) in [4.78, 5) is 14.2. The standard InChI is InChI=1S/C16H19N5/c1-21(2)11-10-17-13-7-5-12(6-8-13)15-19-14-4-3-9-18-16(14)20-15/h3-9,17H,10-11H2,1-2H3,(H,18,19,20). The van der Waals surface area contributed by atoms with Crippen molar-refractivity contribution < 1.29 is 0 Å². The molecule has 0 aliphatic carbocycles. The molecule has 0 fully saturated rings. The van der Waals surface area contributed by atoms with Crippen LogP contribution in [0.2, 0.25) is 0 Å².